The van der Waals surface area contributed by atoms with Crippen molar-refractivity contribution in [3.8, 4) is 0 Å². The molecule has 0 heterocycles. The van der Waals surface area contributed by atoms with Crippen molar-refractivity contribution in [3.63, 3.8) is 0 Å². The number of rotatable bonds is 7. The van der Waals surface area contributed by atoms with Gasteiger partial charge in [0.1, 0.15) is 0 Å². The summed E-state index contributed by atoms with van der Waals surface area (Å²) in [7, 11) is 0. The van der Waals surface area contributed by atoms with Gasteiger partial charge in [0.05, 0.1) is 5.56 Å². The molecule has 110 valence electrons. The lowest BCUT2D eigenvalue weighted by atomic mass is 9.96. The summed E-state index contributed by atoms with van der Waals surface area (Å²) in [5.74, 6) is -0.401. The van der Waals surface area contributed by atoms with E-state index in [0.717, 1.165) is 18.5 Å². The van der Waals surface area contributed by atoms with E-state index < -0.39 is 5.97 Å². The van der Waals surface area contributed by atoms with Crippen molar-refractivity contribution in [1.82, 2.24) is 5.32 Å². The van der Waals surface area contributed by atoms with E-state index in [2.05, 4.69) is 36.5 Å². The van der Waals surface area contributed by atoms with Crippen molar-refractivity contribution >= 4 is 5.97 Å². The number of hydrogen-bond acceptors (Lipinski definition) is 2. The Morgan fingerprint density at radius 2 is 1.90 bits per heavy atom. The van der Waals surface area contributed by atoms with Gasteiger partial charge in [0.15, 0.2) is 0 Å². The van der Waals surface area contributed by atoms with Crippen LogP contribution >= 0.6 is 0 Å². The van der Waals surface area contributed by atoms with Gasteiger partial charge in [0.25, 0.3) is 0 Å². The highest BCUT2D eigenvalue weighted by Gasteiger charge is 2.08. The highest BCUT2D eigenvalue weighted by atomic mass is 16.4. The Bertz CT molecular complexity index is 581. The molecular weight excluding hydrogens is 262 g/mol. The molecule has 2 N–H and O–H groups in total. The third-order valence-corrected chi connectivity index (χ3v) is 3.66. The van der Waals surface area contributed by atoms with Crippen LogP contribution in [-0.2, 0) is 6.54 Å². The average Bonchev–Trinajstić information content (AvgIpc) is 2.53. The van der Waals surface area contributed by atoms with Crippen molar-refractivity contribution in [1.29, 1.82) is 0 Å². The molecule has 2 aromatic rings. The topological polar surface area (TPSA) is 49.3 Å². The lowest BCUT2D eigenvalue weighted by Gasteiger charge is -2.16. The Labute approximate surface area is 125 Å². The summed E-state index contributed by atoms with van der Waals surface area (Å²) in [5, 5.41) is 12.4. The largest absolute Gasteiger partial charge is 0.478 e. The predicted octanol–water partition coefficient (Wildman–Crippen LogP) is 3.67. The number of aromatic carboxylic acids is 1. The molecule has 0 radical (unpaired) electrons. The van der Waals surface area contributed by atoms with E-state index in [1.165, 1.54) is 5.56 Å². The molecule has 0 saturated carbocycles. The van der Waals surface area contributed by atoms with Crippen LogP contribution in [0.4, 0.5) is 0 Å². The maximum Gasteiger partial charge on any atom is 0.335 e. The molecule has 0 aliphatic carbocycles. The van der Waals surface area contributed by atoms with Crippen molar-refractivity contribution < 1.29 is 9.90 Å². The standard InChI is InChI=1S/C18H21NO2/c1-2-15(16-8-4-3-5-9-16)13-19-12-14-7-6-10-17(11-14)18(20)21/h3-11,15,19H,2,12-13H2,1H3,(H,20,21). The summed E-state index contributed by atoms with van der Waals surface area (Å²) in [6, 6.07) is 17.5. The fourth-order valence-electron chi connectivity index (χ4n) is 2.43. The first-order valence-electron chi connectivity index (χ1n) is 7.28. The van der Waals surface area contributed by atoms with Gasteiger partial charge in [0.2, 0.25) is 0 Å². The zero-order valence-electron chi connectivity index (χ0n) is 12.3. The maximum absolute atomic E-state index is 10.9. The van der Waals surface area contributed by atoms with Crippen LogP contribution in [0.1, 0.15) is 40.7 Å². The van der Waals surface area contributed by atoms with E-state index in [4.69, 9.17) is 5.11 Å². The second kappa shape index (κ2) is 7.60. The molecule has 2 rings (SSSR count). The quantitative estimate of drug-likeness (QED) is 0.815. The number of carbonyl (C=O) groups is 1. The van der Waals surface area contributed by atoms with E-state index in [0.29, 0.717) is 18.0 Å². The van der Waals surface area contributed by atoms with Gasteiger partial charge in [-0.25, -0.2) is 4.79 Å². The molecule has 1 unspecified atom stereocenters. The first-order valence-corrected chi connectivity index (χ1v) is 7.28. The minimum absolute atomic E-state index is 0.337. The van der Waals surface area contributed by atoms with Crippen LogP contribution in [0.5, 0.6) is 0 Å². The summed E-state index contributed by atoms with van der Waals surface area (Å²) < 4.78 is 0. The molecule has 1 atom stereocenters. The number of carboxylic acids is 1. The van der Waals surface area contributed by atoms with Gasteiger partial charge in [-0.3, -0.25) is 0 Å². The van der Waals surface area contributed by atoms with Gasteiger partial charge in [-0.2, -0.15) is 0 Å². The second-order valence-electron chi connectivity index (χ2n) is 5.15. The SMILES string of the molecule is CCC(CNCc1cccc(C(=O)O)c1)c1ccccc1. The zero-order chi connectivity index (χ0) is 15.1. The molecule has 3 heteroatoms. The summed E-state index contributed by atoms with van der Waals surface area (Å²) in [5.41, 5.74) is 2.68. The molecule has 0 fully saturated rings. The van der Waals surface area contributed by atoms with Crippen molar-refractivity contribution in [2.24, 2.45) is 0 Å². The van der Waals surface area contributed by atoms with Crippen molar-refractivity contribution in [2.75, 3.05) is 6.54 Å². The van der Waals surface area contributed by atoms with Gasteiger partial charge < -0.3 is 10.4 Å². The predicted molar refractivity (Wildman–Crippen MR) is 84.6 cm³/mol. The summed E-state index contributed by atoms with van der Waals surface area (Å²) in [4.78, 5) is 10.9. The summed E-state index contributed by atoms with van der Waals surface area (Å²) in [6.07, 6.45) is 1.08. The van der Waals surface area contributed by atoms with E-state index in [1.807, 2.05) is 12.1 Å². The third kappa shape index (κ3) is 4.43. The molecule has 0 amide bonds. The highest BCUT2D eigenvalue weighted by Crippen LogP contribution is 2.18. The molecular formula is C18H21NO2. The van der Waals surface area contributed by atoms with Crippen LogP contribution in [0.2, 0.25) is 0 Å². The van der Waals surface area contributed by atoms with Crippen LogP contribution in [-0.4, -0.2) is 17.6 Å². The van der Waals surface area contributed by atoms with E-state index in [-0.39, 0.29) is 0 Å². The molecule has 21 heavy (non-hydrogen) atoms. The van der Waals surface area contributed by atoms with Gasteiger partial charge in [-0.1, -0.05) is 49.4 Å². The first-order chi connectivity index (χ1) is 10.2. The Balaban J connectivity index is 1.91. The van der Waals surface area contributed by atoms with Crippen LogP contribution in [0.25, 0.3) is 0 Å². The lowest BCUT2D eigenvalue weighted by Crippen LogP contribution is -2.21. The van der Waals surface area contributed by atoms with Gasteiger partial charge in [0, 0.05) is 13.1 Å². The van der Waals surface area contributed by atoms with Crippen LogP contribution in [0.15, 0.2) is 54.6 Å². The second-order valence-corrected chi connectivity index (χ2v) is 5.15. The first kappa shape index (κ1) is 15.3. The molecule has 0 aliphatic rings. The molecule has 2 aromatic carbocycles. The fourth-order valence-corrected chi connectivity index (χ4v) is 2.43. The Morgan fingerprint density at radius 3 is 2.57 bits per heavy atom. The number of hydrogen-bond donors (Lipinski definition) is 2. The maximum atomic E-state index is 10.9. The Morgan fingerprint density at radius 1 is 1.14 bits per heavy atom. The number of nitrogens with one attached hydrogen (secondary N) is 1. The van der Waals surface area contributed by atoms with Crippen LogP contribution in [0.3, 0.4) is 0 Å². The van der Waals surface area contributed by atoms with Crippen LogP contribution < -0.4 is 5.32 Å². The summed E-state index contributed by atoms with van der Waals surface area (Å²) >= 11 is 0. The zero-order valence-corrected chi connectivity index (χ0v) is 12.3. The average molecular weight is 283 g/mol. The molecule has 0 aromatic heterocycles. The van der Waals surface area contributed by atoms with Crippen molar-refractivity contribution in [2.45, 2.75) is 25.8 Å². The summed E-state index contributed by atoms with van der Waals surface area (Å²) in [6.45, 7) is 3.76. The molecule has 0 aliphatic heterocycles. The number of benzene rings is 2. The minimum atomic E-state index is -0.882. The fraction of sp³-hybridized carbons (Fsp3) is 0.278. The smallest absolute Gasteiger partial charge is 0.335 e. The number of carboxylic acid groups (broad SMARTS) is 1. The van der Waals surface area contributed by atoms with Gasteiger partial charge >= 0.3 is 5.97 Å². The van der Waals surface area contributed by atoms with Crippen molar-refractivity contribution in [3.05, 3.63) is 71.3 Å². The van der Waals surface area contributed by atoms with Crippen LogP contribution in [0, 0.1) is 0 Å². The van der Waals surface area contributed by atoms with Gasteiger partial charge in [-0.05, 0) is 35.6 Å². The Hall–Kier alpha value is -2.13. The third-order valence-electron chi connectivity index (χ3n) is 3.66. The van der Waals surface area contributed by atoms with Gasteiger partial charge in [-0.15, -0.1) is 0 Å². The molecule has 0 bridgehead atoms. The van der Waals surface area contributed by atoms with E-state index in [1.54, 1.807) is 18.2 Å². The highest BCUT2D eigenvalue weighted by molar-refractivity contribution is 5.87. The molecule has 3 nitrogen and oxygen atoms in total. The normalized spacial score (nSPS) is 12.0. The molecule has 0 spiro atoms. The van der Waals surface area contributed by atoms with E-state index in [9.17, 15) is 4.79 Å². The Kier molecular flexibility index (Phi) is 5.52. The monoisotopic (exact) mass is 283 g/mol. The minimum Gasteiger partial charge on any atom is -0.478 e. The lowest BCUT2D eigenvalue weighted by molar-refractivity contribution is 0.0696. The molecule has 0 saturated heterocycles. The van der Waals surface area contributed by atoms with E-state index >= 15 is 0 Å².